The number of aryl methyl sites for hydroxylation is 1. The average Bonchev–Trinajstić information content (AvgIpc) is 2.96. The minimum atomic E-state index is -0.305. The summed E-state index contributed by atoms with van der Waals surface area (Å²) in [6.07, 6.45) is 3.23. The first-order valence-electron chi connectivity index (χ1n) is 7.49. The van der Waals surface area contributed by atoms with Crippen LogP contribution < -0.4 is 9.64 Å². The molecule has 0 atom stereocenters. The Bertz CT molecular complexity index is 911. The second kappa shape index (κ2) is 5.72. The molecule has 1 aromatic carbocycles. The number of fused-ring (bicyclic) bond motifs is 2. The van der Waals surface area contributed by atoms with Gasteiger partial charge in [0.25, 0.3) is 0 Å². The molecule has 1 aliphatic rings. The van der Waals surface area contributed by atoms with E-state index >= 15 is 0 Å². The Morgan fingerprint density at radius 3 is 3.08 bits per heavy atom. The normalized spacial score (nSPS) is 13.6. The van der Waals surface area contributed by atoms with Gasteiger partial charge in [-0.15, -0.1) is 0 Å². The summed E-state index contributed by atoms with van der Waals surface area (Å²) in [6.45, 7) is 0.973. The van der Waals surface area contributed by atoms with Crippen molar-refractivity contribution in [2.24, 2.45) is 7.05 Å². The third kappa shape index (κ3) is 2.44. The molecule has 0 fully saturated rings. The Labute approximate surface area is 137 Å². The quantitative estimate of drug-likeness (QED) is 0.732. The fourth-order valence-electron chi connectivity index (χ4n) is 2.96. The number of rotatable bonds is 3. The van der Waals surface area contributed by atoms with Crippen molar-refractivity contribution in [3.05, 3.63) is 41.6 Å². The van der Waals surface area contributed by atoms with Gasteiger partial charge in [0.2, 0.25) is 0 Å². The predicted octanol–water partition coefficient (Wildman–Crippen LogP) is 2.01. The van der Waals surface area contributed by atoms with Gasteiger partial charge in [0, 0.05) is 31.8 Å². The van der Waals surface area contributed by atoms with Crippen molar-refractivity contribution in [1.29, 1.82) is 0 Å². The van der Waals surface area contributed by atoms with E-state index in [1.165, 1.54) is 18.5 Å². The highest BCUT2D eigenvalue weighted by Crippen LogP contribution is 2.31. The fourth-order valence-corrected chi connectivity index (χ4v) is 2.96. The Morgan fingerprint density at radius 1 is 1.33 bits per heavy atom. The van der Waals surface area contributed by atoms with Crippen LogP contribution >= 0.6 is 0 Å². The van der Waals surface area contributed by atoms with Gasteiger partial charge in [0.15, 0.2) is 12.4 Å². The van der Waals surface area contributed by atoms with Gasteiger partial charge in [-0.2, -0.15) is 5.10 Å². The van der Waals surface area contributed by atoms with Crippen LogP contribution in [0.5, 0.6) is 5.75 Å². The molecule has 124 valence electrons. The molecule has 0 unspecified atom stereocenters. The number of hydrogen-bond acceptors (Lipinski definition) is 6. The number of halogens is 1. The summed E-state index contributed by atoms with van der Waals surface area (Å²) >= 11 is 0. The van der Waals surface area contributed by atoms with Crippen LogP contribution in [0.2, 0.25) is 0 Å². The SMILES string of the molecule is CN(Cc1cc(F)cc2c1OCOC2)c1ncnc2c1cnn2C. The maximum Gasteiger partial charge on any atom is 0.189 e. The lowest BCUT2D eigenvalue weighted by molar-refractivity contribution is -0.0172. The molecule has 0 saturated heterocycles. The number of benzene rings is 1. The molecule has 0 radical (unpaired) electrons. The largest absolute Gasteiger partial charge is 0.467 e. The third-order valence-corrected chi connectivity index (χ3v) is 4.03. The number of ether oxygens (including phenoxy) is 2. The molecule has 3 aromatic rings. The topological polar surface area (TPSA) is 65.3 Å². The molecule has 7 nitrogen and oxygen atoms in total. The molecule has 0 aliphatic carbocycles. The summed E-state index contributed by atoms with van der Waals surface area (Å²) in [7, 11) is 3.72. The summed E-state index contributed by atoms with van der Waals surface area (Å²) < 4.78 is 26.4. The van der Waals surface area contributed by atoms with Gasteiger partial charge in [-0.3, -0.25) is 4.68 Å². The van der Waals surface area contributed by atoms with Gasteiger partial charge in [-0.1, -0.05) is 0 Å². The van der Waals surface area contributed by atoms with Crippen molar-refractivity contribution in [3.63, 3.8) is 0 Å². The summed E-state index contributed by atoms with van der Waals surface area (Å²) in [5, 5.41) is 5.06. The van der Waals surface area contributed by atoms with E-state index in [-0.39, 0.29) is 12.6 Å². The van der Waals surface area contributed by atoms with Crippen LogP contribution in [0.15, 0.2) is 24.7 Å². The smallest absolute Gasteiger partial charge is 0.189 e. The summed E-state index contributed by atoms with van der Waals surface area (Å²) in [4.78, 5) is 10.5. The van der Waals surface area contributed by atoms with E-state index in [1.54, 1.807) is 10.9 Å². The van der Waals surface area contributed by atoms with E-state index in [4.69, 9.17) is 9.47 Å². The van der Waals surface area contributed by atoms with E-state index in [1.807, 2.05) is 19.0 Å². The average molecular weight is 329 g/mol. The molecule has 0 spiro atoms. The van der Waals surface area contributed by atoms with Crippen molar-refractivity contribution in [1.82, 2.24) is 19.7 Å². The van der Waals surface area contributed by atoms with Crippen LogP contribution in [0, 0.1) is 5.82 Å². The number of hydrogen-bond donors (Lipinski definition) is 0. The lowest BCUT2D eigenvalue weighted by atomic mass is 10.1. The van der Waals surface area contributed by atoms with Crippen LogP contribution in [-0.2, 0) is 24.9 Å². The standard InChI is InChI=1S/C16H16FN5O2/c1-21(15-13-5-20-22(2)16(13)19-8-18-15)6-10-3-12(17)4-11-7-23-9-24-14(10)11/h3-5,8H,6-7,9H2,1-2H3. The molecule has 2 aromatic heterocycles. The van der Waals surface area contributed by atoms with Crippen LogP contribution in [0.3, 0.4) is 0 Å². The first kappa shape index (κ1) is 14.8. The van der Waals surface area contributed by atoms with Crippen molar-refractivity contribution in [3.8, 4) is 5.75 Å². The molecule has 0 amide bonds. The van der Waals surface area contributed by atoms with Crippen LogP contribution in [0.25, 0.3) is 11.0 Å². The first-order valence-corrected chi connectivity index (χ1v) is 7.49. The molecular formula is C16H16FN5O2. The van der Waals surface area contributed by atoms with E-state index in [0.717, 1.165) is 28.0 Å². The lowest BCUT2D eigenvalue weighted by Crippen LogP contribution is -2.21. The first-order chi connectivity index (χ1) is 11.6. The second-order valence-electron chi connectivity index (χ2n) is 5.72. The molecule has 1 aliphatic heterocycles. The van der Waals surface area contributed by atoms with Gasteiger partial charge in [-0.25, -0.2) is 14.4 Å². The Kier molecular flexibility index (Phi) is 3.53. The van der Waals surface area contributed by atoms with E-state index in [0.29, 0.717) is 18.9 Å². The van der Waals surface area contributed by atoms with Crippen molar-refractivity contribution in [2.45, 2.75) is 13.2 Å². The summed E-state index contributed by atoms with van der Waals surface area (Å²) in [6, 6.07) is 2.93. The van der Waals surface area contributed by atoms with Gasteiger partial charge in [0.1, 0.15) is 23.7 Å². The lowest BCUT2D eigenvalue weighted by Gasteiger charge is -2.24. The zero-order chi connectivity index (χ0) is 16.7. The molecule has 0 N–H and O–H groups in total. The number of aromatic nitrogens is 4. The van der Waals surface area contributed by atoms with Crippen LogP contribution in [-0.4, -0.2) is 33.6 Å². The number of nitrogens with zero attached hydrogens (tertiary/aromatic N) is 5. The van der Waals surface area contributed by atoms with E-state index in [9.17, 15) is 4.39 Å². The van der Waals surface area contributed by atoms with Crippen LogP contribution in [0.4, 0.5) is 10.2 Å². The van der Waals surface area contributed by atoms with Crippen molar-refractivity contribution in [2.75, 3.05) is 18.7 Å². The van der Waals surface area contributed by atoms with Gasteiger partial charge < -0.3 is 14.4 Å². The molecule has 0 saturated carbocycles. The van der Waals surface area contributed by atoms with E-state index < -0.39 is 0 Å². The second-order valence-corrected chi connectivity index (χ2v) is 5.72. The third-order valence-electron chi connectivity index (χ3n) is 4.03. The van der Waals surface area contributed by atoms with E-state index in [2.05, 4.69) is 15.1 Å². The highest BCUT2D eigenvalue weighted by atomic mass is 19.1. The Morgan fingerprint density at radius 2 is 2.21 bits per heavy atom. The summed E-state index contributed by atoms with van der Waals surface area (Å²) in [5.74, 6) is 1.12. The molecule has 8 heteroatoms. The molecule has 0 bridgehead atoms. The van der Waals surface area contributed by atoms with Gasteiger partial charge in [-0.05, 0) is 12.1 Å². The summed E-state index contributed by atoms with van der Waals surface area (Å²) in [5.41, 5.74) is 2.23. The Hall–Kier alpha value is -2.74. The maximum atomic E-state index is 13.9. The minimum absolute atomic E-state index is 0.176. The van der Waals surface area contributed by atoms with Crippen molar-refractivity contribution < 1.29 is 13.9 Å². The van der Waals surface area contributed by atoms with Crippen molar-refractivity contribution >= 4 is 16.9 Å². The van der Waals surface area contributed by atoms with Gasteiger partial charge >= 0.3 is 0 Å². The number of anilines is 1. The molecule has 3 heterocycles. The predicted molar refractivity (Wildman–Crippen MR) is 85.1 cm³/mol. The monoisotopic (exact) mass is 329 g/mol. The fraction of sp³-hybridized carbons (Fsp3) is 0.312. The highest BCUT2D eigenvalue weighted by molar-refractivity contribution is 5.86. The zero-order valence-electron chi connectivity index (χ0n) is 13.4. The Balaban J connectivity index is 1.71. The zero-order valence-corrected chi connectivity index (χ0v) is 13.4. The van der Waals surface area contributed by atoms with Crippen LogP contribution in [0.1, 0.15) is 11.1 Å². The highest BCUT2D eigenvalue weighted by Gasteiger charge is 2.19. The maximum absolute atomic E-state index is 13.9. The molecule has 24 heavy (non-hydrogen) atoms. The molecule has 4 rings (SSSR count). The minimum Gasteiger partial charge on any atom is -0.467 e. The van der Waals surface area contributed by atoms with Gasteiger partial charge in [0.05, 0.1) is 18.2 Å². The molecular weight excluding hydrogens is 313 g/mol.